The molecule has 58 valence electrons. The topological polar surface area (TPSA) is 63.8 Å². The highest BCUT2D eigenvalue weighted by atomic mass is 32.1. The maximum absolute atomic E-state index is 5.31. The fourth-order valence-corrected chi connectivity index (χ4v) is 0.690. The standard InChI is InChI=1S/C6H8N4S/c1-8-5-3-9-4(2-10-5)6(7)11/h2-3H,1H3,(H2,7,11)(H,8,10). The van der Waals surface area contributed by atoms with Crippen molar-refractivity contribution in [3.8, 4) is 0 Å². The van der Waals surface area contributed by atoms with Crippen molar-refractivity contribution in [2.24, 2.45) is 5.73 Å². The van der Waals surface area contributed by atoms with E-state index in [4.69, 9.17) is 18.0 Å². The molecule has 0 aliphatic rings. The summed E-state index contributed by atoms with van der Waals surface area (Å²) in [7, 11) is 1.77. The highest BCUT2D eigenvalue weighted by Crippen LogP contribution is 1.98. The Morgan fingerprint density at radius 3 is 2.64 bits per heavy atom. The number of hydrogen-bond acceptors (Lipinski definition) is 4. The molecule has 5 heteroatoms. The minimum absolute atomic E-state index is 0.264. The molecule has 3 N–H and O–H groups in total. The Kier molecular flexibility index (Phi) is 2.32. The number of anilines is 1. The van der Waals surface area contributed by atoms with Crippen LogP contribution in [0.2, 0.25) is 0 Å². The van der Waals surface area contributed by atoms with E-state index in [-0.39, 0.29) is 4.99 Å². The summed E-state index contributed by atoms with van der Waals surface area (Å²) in [5, 5.41) is 2.84. The quantitative estimate of drug-likeness (QED) is 0.615. The van der Waals surface area contributed by atoms with Gasteiger partial charge in [0.2, 0.25) is 0 Å². The second kappa shape index (κ2) is 3.25. The minimum atomic E-state index is 0.264. The van der Waals surface area contributed by atoms with E-state index < -0.39 is 0 Å². The molecule has 0 saturated heterocycles. The molecule has 0 spiro atoms. The molecule has 0 unspecified atom stereocenters. The summed E-state index contributed by atoms with van der Waals surface area (Å²) >= 11 is 4.70. The molecule has 11 heavy (non-hydrogen) atoms. The van der Waals surface area contributed by atoms with Crippen molar-refractivity contribution in [3.05, 3.63) is 18.1 Å². The predicted molar refractivity (Wildman–Crippen MR) is 47.5 cm³/mol. The van der Waals surface area contributed by atoms with Gasteiger partial charge in [-0.2, -0.15) is 0 Å². The lowest BCUT2D eigenvalue weighted by molar-refractivity contribution is 1.17. The largest absolute Gasteiger partial charge is 0.388 e. The summed E-state index contributed by atoms with van der Waals surface area (Å²) in [6.45, 7) is 0. The lowest BCUT2D eigenvalue weighted by Gasteiger charge is -1.98. The van der Waals surface area contributed by atoms with Crippen LogP contribution in [0.4, 0.5) is 5.82 Å². The molecule has 1 aromatic rings. The summed E-state index contributed by atoms with van der Waals surface area (Å²) in [6, 6.07) is 0. The minimum Gasteiger partial charge on any atom is -0.388 e. The van der Waals surface area contributed by atoms with Gasteiger partial charge in [-0.25, -0.2) is 9.97 Å². The smallest absolute Gasteiger partial charge is 0.144 e. The molecule has 0 saturated carbocycles. The lowest BCUT2D eigenvalue weighted by atomic mass is 10.4. The van der Waals surface area contributed by atoms with Gasteiger partial charge in [0.1, 0.15) is 16.5 Å². The number of nitrogens with zero attached hydrogens (tertiary/aromatic N) is 2. The molecular formula is C6H8N4S. The van der Waals surface area contributed by atoms with Gasteiger partial charge in [0.15, 0.2) is 0 Å². The number of nitrogens with one attached hydrogen (secondary N) is 1. The summed E-state index contributed by atoms with van der Waals surface area (Å²) in [4.78, 5) is 8.20. The summed E-state index contributed by atoms with van der Waals surface area (Å²) in [6.07, 6.45) is 3.11. The average Bonchev–Trinajstić information content (AvgIpc) is 2.05. The Hall–Kier alpha value is -1.23. The van der Waals surface area contributed by atoms with Gasteiger partial charge in [-0.1, -0.05) is 12.2 Å². The highest BCUT2D eigenvalue weighted by Gasteiger charge is 1.96. The van der Waals surface area contributed by atoms with Crippen molar-refractivity contribution < 1.29 is 0 Å². The van der Waals surface area contributed by atoms with Crippen molar-refractivity contribution in [2.75, 3.05) is 12.4 Å². The van der Waals surface area contributed by atoms with Crippen molar-refractivity contribution in [3.63, 3.8) is 0 Å². The van der Waals surface area contributed by atoms with Crippen LogP contribution in [0, 0.1) is 0 Å². The van der Waals surface area contributed by atoms with Gasteiger partial charge in [0, 0.05) is 7.05 Å². The van der Waals surface area contributed by atoms with E-state index in [0.29, 0.717) is 11.5 Å². The van der Waals surface area contributed by atoms with Crippen LogP contribution in [-0.4, -0.2) is 22.0 Å². The van der Waals surface area contributed by atoms with E-state index in [1.165, 1.54) is 6.20 Å². The number of nitrogens with two attached hydrogens (primary N) is 1. The van der Waals surface area contributed by atoms with E-state index in [9.17, 15) is 0 Å². The molecule has 0 radical (unpaired) electrons. The molecule has 4 nitrogen and oxygen atoms in total. The fraction of sp³-hybridized carbons (Fsp3) is 0.167. The highest BCUT2D eigenvalue weighted by molar-refractivity contribution is 7.80. The molecule has 0 fully saturated rings. The first-order chi connectivity index (χ1) is 5.24. The maximum atomic E-state index is 5.31. The van der Waals surface area contributed by atoms with Crippen LogP contribution >= 0.6 is 12.2 Å². The third-order valence-electron chi connectivity index (χ3n) is 1.16. The van der Waals surface area contributed by atoms with Gasteiger partial charge in [-0.05, 0) is 0 Å². The molecule has 1 aromatic heterocycles. The van der Waals surface area contributed by atoms with Crippen LogP contribution in [0.1, 0.15) is 5.69 Å². The van der Waals surface area contributed by atoms with E-state index in [2.05, 4.69) is 15.3 Å². The zero-order chi connectivity index (χ0) is 8.27. The van der Waals surface area contributed by atoms with Crippen LogP contribution in [-0.2, 0) is 0 Å². The first-order valence-corrected chi connectivity index (χ1v) is 3.44. The zero-order valence-corrected chi connectivity index (χ0v) is 6.85. The van der Waals surface area contributed by atoms with E-state index in [1.54, 1.807) is 13.2 Å². The van der Waals surface area contributed by atoms with E-state index in [0.717, 1.165) is 0 Å². The van der Waals surface area contributed by atoms with Crippen molar-refractivity contribution >= 4 is 23.0 Å². The van der Waals surface area contributed by atoms with Gasteiger partial charge in [0.05, 0.1) is 12.4 Å². The monoisotopic (exact) mass is 168 g/mol. The summed E-state index contributed by atoms with van der Waals surface area (Å²) < 4.78 is 0. The Morgan fingerprint density at radius 1 is 1.55 bits per heavy atom. The van der Waals surface area contributed by atoms with Gasteiger partial charge in [-0.3, -0.25) is 0 Å². The van der Waals surface area contributed by atoms with Gasteiger partial charge in [-0.15, -0.1) is 0 Å². The number of rotatable bonds is 2. The molecule has 0 amide bonds. The van der Waals surface area contributed by atoms with Crippen molar-refractivity contribution in [1.29, 1.82) is 0 Å². The molecule has 0 aliphatic heterocycles. The molecule has 0 aromatic carbocycles. The summed E-state index contributed by atoms with van der Waals surface area (Å²) in [5.74, 6) is 0.699. The zero-order valence-electron chi connectivity index (χ0n) is 6.03. The van der Waals surface area contributed by atoms with Gasteiger partial charge in [0.25, 0.3) is 0 Å². The SMILES string of the molecule is CNc1cnc(C(N)=S)cn1. The summed E-state index contributed by atoms with van der Waals surface area (Å²) in [5.41, 5.74) is 5.85. The normalized spacial score (nSPS) is 9.18. The van der Waals surface area contributed by atoms with Crippen LogP contribution in [0.3, 0.4) is 0 Å². The second-order valence-corrected chi connectivity index (χ2v) is 2.34. The van der Waals surface area contributed by atoms with Crippen molar-refractivity contribution in [1.82, 2.24) is 9.97 Å². The van der Waals surface area contributed by atoms with E-state index >= 15 is 0 Å². The van der Waals surface area contributed by atoms with Crippen LogP contribution in [0.15, 0.2) is 12.4 Å². The Labute approximate surface area is 69.8 Å². The molecule has 0 bridgehead atoms. The third-order valence-corrected chi connectivity index (χ3v) is 1.37. The Bertz CT molecular complexity index is 256. The number of aromatic nitrogens is 2. The average molecular weight is 168 g/mol. The third kappa shape index (κ3) is 1.84. The molecular weight excluding hydrogens is 160 g/mol. The van der Waals surface area contributed by atoms with Gasteiger partial charge < -0.3 is 11.1 Å². The van der Waals surface area contributed by atoms with Crippen LogP contribution in [0.25, 0.3) is 0 Å². The molecule has 0 aliphatic carbocycles. The van der Waals surface area contributed by atoms with Gasteiger partial charge >= 0.3 is 0 Å². The second-order valence-electron chi connectivity index (χ2n) is 1.90. The van der Waals surface area contributed by atoms with Crippen LogP contribution in [0.5, 0.6) is 0 Å². The predicted octanol–water partition coefficient (Wildman–Crippen LogP) is 0.152. The maximum Gasteiger partial charge on any atom is 0.144 e. The first-order valence-electron chi connectivity index (χ1n) is 3.03. The lowest BCUT2D eigenvalue weighted by Crippen LogP contribution is -2.12. The molecule has 1 heterocycles. The first kappa shape index (κ1) is 7.87. The van der Waals surface area contributed by atoms with Crippen LogP contribution < -0.4 is 11.1 Å². The van der Waals surface area contributed by atoms with Crippen molar-refractivity contribution in [2.45, 2.75) is 0 Å². The Morgan fingerprint density at radius 2 is 2.27 bits per heavy atom. The number of thiocarbonyl (C=S) groups is 1. The number of hydrogen-bond donors (Lipinski definition) is 2. The Balaban J connectivity index is 2.91. The molecule has 0 atom stereocenters. The molecule has 1 rings (SSSR count). The van der Waals surface area contributed by atoms with E-state index in [1.807, 2.05) is 0 Å². The fourth-order valence-electron chi connectivity index (χ4n) is 0.584.